The molecule has 0 spiro atoms. The fourth-order valence-corrected chi connectivity index (χ4v) is 4.63. The van der Waals surface area contributed by atoms with Gasteiger partial charge in [-0.2, -0.15) is 4.31 Å². The summed E-state index contributed by atoms with van der Waals surface area (Å²) in [5, 5.41) is 0. The number of ether oxygens (including phenoxy) is 1. The van der Waals surface area contributed by atoms with E-state index in [1.165, 1.54) is 16.4 Å². The van der Waals surface area contributed by atoms with Crippen molar-refractivity contribution >= 4 is 15.9 Å². The second-order valence-electron chi connectivity index (χ2n) is 7.01. The zero-order valence-corrected chi connectivity index (χ0v) is 17.2. The van der Waals surface area contributed by atoms with Gasteiger partial charge in [0.1, 0.15) is 11.6 Å². The van der Waals surface area contributed by atoms with E-state index in [1.807, 2.05) is 31.2 Å². The first-order chi connectivity index (χ1) is 13.9. The summed E-state index contributed by atoms with van der Waals surface area (Å²) in [5.74, 6) is 0.305. The Morgan fingerprint density at radius 2 is 1.76 bits per heavy atom. The molecule has 6 nitrogen and oxygen atoms in total. The largest absolute Gasteiger partial charge is 0.494 e. The molecule has 2 aromatic rings. The summed E-state index contributed by atoms with van der Waals surface area (Å²) in [6.07, 6.45) is 0.956. The standard InChI is InChI=1S/C21H25FN2O4S/c1-17-4-2-5-19(16-17)28-15-3-6-21(25)23-11-13-24(14-12-23)29(26,27)20-9-7-18(22)8-10-20/h2,4-5,7-10,16H,3,6,11-15H2,1H3. The first-order valence-electron chi connectivity index (χ1n) is 9.59. The van der Waals surface area contributed by atoms with Gasteiger partial charge < -0.3 is 9.64 Å². The number of piperazine rings is 1. The molecular formula is C21H25FN2O4S. The lowest BCUT2D eigenvalue weighted by molar-refractivity contribution is -0.132. The maximum atomic E-state index is 13.0. The number of nitrogens with zero attached hydrogens (tertiary/aromatic N) is 2. The number of halogens is 1. The average Bonchev–Trinajstić information content (AvgIpc) is 2.71. The number of sulfonamides is 1. The van der Waals surface area contributed by atoms with E-state index < -0.39 is 15.8 Å². The van der Waals surface area contributed by atoms with E-state index in [2.05, 4.69) is 0 Å². The molecule has 1 saturated heterocycles. The molecule has 156 valence electrons. The maximum absolute atomic E-state index is 13.0. The Morgan fingerprint density at radius 1 is 1.07 bits per heavy atom. The van der Waals surface area contributed by atoms with Crippen molar-refractivity contribution in [1.82, 2.24) is 9.21 Å². The molecular weight excluding hydrogens is 395 g/mol. The van der Waals surface area contributed by atoms with Crippen molar-refractivity contribution in [2.45, 2.75) is 24.7 Å². The van der Waals surface area contributed by atoms with E-state index >= 15 is 0 Å². The first kappa shape index (κ1) is 21.3. The van der Waals surface area contributed by atoms with Gasteiger partial charge in [-0.3, -0.25) is 4.79 Å². The normalized spacial score (nSPS) is 15.3. The van der Waals surface area contributed by atoms with Crippen LogP contribution in [0.1, 0.15) is 18.4 Å². The molecule has 0 bridgehead atoms. The van der Waals surface area contributed by atoms with Gasteiger partial charge in [-0.1, -0.05) is 12.1 Å². The number of hydrogen-bond acceptors (Lipinski definition) is 4. The van der Waals surface area contributed by atoms with Crippen LogP contribution in [0.5, 0.6) is 5.75 Å². The number of benzene rings is 2. The molecule has 3 rings (SSSR count). The summed E-state index contributed by atoms with van der Waals surface area (Å²) in [7, 11) is -3.67. The molecule has 1 heterocycles. The molecule has 0 aliphatic carbocycles. The van der Waals surface area contributed by atoms with Gasteiger partial charge in [0.25, 0.3) is 0 Å². The van der Waals surface area contributed by atoms with Crippen LogP contribution in [0, 0.1) is 12.7 Å². The third-order valence-corrected chi connectivity index (χ3v) is 6.75. The maximum Gasteiger partial charge on any atom is 0.243 e. The molecule has 1 fully saturated rings. The number of aryl methyl sites for hydroxylation is 1. The lowest BCUT2D eigenvalue weighted by Crippen LogP contribution is -2.50. The number of rotatable bonds is 7. The lowest BCUT2D eigenvalue weighted by atomic mass is 10.2. The molecule has 0 aromatic heterocycles. The van der Waals surface area contributed by atoms with Gasteiger partial charge in [-0.25, -0.2) is 12.8 Å². The Morgan fingerprint density at radius 3 is 2.41 bits per heavy atom. The van der Waals surface area contributed by atoms with Crippen molar-refractivity contribution in [3.05, 3.63) is 59.9 Å². The number of carbonyl (C=O) groups is 1. The van der Waals surface area contributed by atoms with Crippen molar-refractivity contribution < 1.29 is 22.3 Å². The van der Waals surface area contributed by atoms with Gasteiger partial charge in [0.15, 0.2) is 0 Å². The zero-order valence-electron chi connectivity index (χ0n) is 16.4. The highest BCUT2D eigenvalue weighted by Gasteiger charge is 2.29. The number of hydrogen-bond donors (Lipinski definition) is 0. The predicted molar refractivity (Wildman–Crippen MR) is 108 cm³/mol. The second kappa shape index (κ2) is 9.37. The molecule has 1 amide bonds. The number of amides is 1. The van der Waals surface area contributed by atoms with E-state index in [-0.39, 0.29) is 23.9 Å². The lowest BCUT2D eigenvalue weighted by Gasteiger charge is -2.34. The molecule has 0 N–H and O–H groups in total. The topological polar surface area (TPSA) is 66.9 Å². The van der Waals surface area contributed by atoms with Gasteiger partial charge in [-0.15, -0.1) is 0 Å². The Kier molecular flexibility index (Phi) is 6.87. The van der Waals surface area contributed by atoms with Crippen molar-refractivity contribution in [3.8, 4) is 5.75 Å². The van der Waals surface area contributed by atoms with Gasteiger partial charge in [0.2, 0.25) is 15.9 Å². The fraction of sp³-hybridized carbons (Fsp3) is 0.381. The molecule has 1 aliphatic rings. The van der Waals surface area contributed by atoms with Crippen LogP contribution in [0.4, 0.5) is 4.39 Å². The highest BCUT2D eigenvalue weighted by molar-refractivity contribution is 7.89. The van der Waals surface area contributed by atoms with Crippen LogP contribution in [0.25, 0.3) is 0 Å². The van der Waals surface area contributed by atoms with E-state index in [1.54, 1.807) is 4.90 Å². The summed E-state index contributed by atoms with van der Waals surface area (Å²) < 4.78 is 45.3. The van der Waals surface area contributed by atoms with Crippen LogP contribution in [-0.4, -0.2) is 56.3 Å². The Balaban J connectivity index is 1.44. The van der Waals surface area contributed by atoms with Gasteiger partial charge >= 0.3 is 0 Å². The van der Waals surface area contributed by atoms with E-state index in [4.69, 9.17) is 4.74 Å². The average molecular weight is 421 g/mol. The minimum absolute atomic E-state index is 0.00308. The Bertz CT molecular complexity index is 939. The van der Waals surface area contributed by atoms with Crippen LogP contribution in [0.2, 0.25) is 0 Å². The minimum atomic E-state index is -3.67. The van der Waals surface area contributed by atoms with E-state index in [0.717, 1.165) is 23.4 Å². The summed E-state index contributed by atoms with van der Waals surface area (Å²) in [5.41, 5.74) is 1.12. The molecule has 0 atom stereocenters. The highest BCUT2D eigenvalue weighted by atomic mass is 32.2. The van der Waals surface area contributed by atoms with E-state index in [9.17, 15) is 17.6 Å². The fourth-order valence-electron chi connectivity index (χ4n) is 3.21. The molecule has 29 heavy (non-hydrogen) atoms. The van der Waals surface area contributed by atoms with Crippen LogP contribution in [0.15, 0.2) is 53.4 Å². The molecule has 0 radical (unpaired) electrons. The van der Waals surface area contributed by atoms with Gasteiger partial charge in [0.05, 0.1) is 11.5 Å². The summed E-state index contributed by atoms with van der Waals surface area (Å²) in [6.45, 7) is 3.59. The van der Waals surface area contributed by atoms with Crippen LogP contribution < -0.4 is 4.74 Å². The van der Waals surface area contributed by atoms with Crippen LogP contribution in [0.3, 0.4) is 0 Å². The van der Waals surface area contributed by atoms with Crippen molar-refractivity contribution in [2.75, 3.05) is 32.8 Å². The Hall–Kier alpha value is -2.45. The Labute approximate surface area is 170 Å². The SMILES string of the molecule is Cc1cccc(OCCCC(=O)N2CCN(S(=O)(=O)c3ccc(F)cc3)CC2)c1. The number of carbonyl (C=O) groups excluding carboxylic acids is 1. The monoisotopic (exact) mass is 420 g/mol. The smallest absolute Gasteiger partial charge is 0.243 e. The zero-order chi connectivity index (χ0) is 20.9. The molecule has 1 aliphatic heterocycles. The first-order valence-corrected chi connectivity index (χ1v) is 11.0. The third kappa shape index (κ3) is 5.55. The third-order valence-electron chi connectivity index (χ3n) is 4.84. The van der Waals surface area contributed by atoms with Crippen molar-refractivity contribution in [1.29, 1.82) is 0 Å². The molecule has 8 heteroatoms. The summed E-state index contributed by atoms with van der Waals surface area (Å²) in [4.78, 5) is 14.1. The molecule has 0 unspecified atom stereocenters. The van der Waals surface area contributed by atoms with Crippen molar-refractivity contribution in [2.24, 2.45) is 0 Å². The quantitative estimate of drug-likeness (QED) is 0.646. The summed E-state index contributed by atoms with van der Waals surface area (Å²) in [6, 6.07) is 12.5. The van der Waals surface area contributed by atoms with Crippen molar-refractivity contribution in [3.63, 3.8) is 0 Å². The van der Waals surface area contributed by atoms with E-state index in [0.29, 0.717) is 32.5 Å². The predicted octanol–water partition coefficient (Wildman–Crippen LogP) is 2.83. The molecule has 2 aromatic carbocycles. The second-order valence-corrected chi connectivity index (χ2v) is 8.95. The van der Waals surface area contributed by atoms with Crippen LogP contribution >= 0.6 is 0 Å². The molecule has 0 saturated carbocycles. The highest BCUT2D eigenvalue weighted by Crippen LogP contribution is 2.18. The minimum Gasteiger partial charge on any atom is -0.494 e. The summed E-state index contributed by atoms with van der Waals surface area (Å²) >= 11 is 0. The van der Waals surface area contributed by atoms with Gasteiger partial charge in [0, 0.05) is 32.6 Å². The van der Waals surface area contributed by atoms with Crippen LogP contribution in [-0.2, 0) is 14.8 Å². The van der Waals surface area contributed by atoms with Gasteiger partial charge in [-0.05, 0) is 55.3 Å².